The van der Waals surface area contributed by atoms with Crippen molar-refractivity contribution >= 4 is 21.4 Å². The zero-order chi connectivity index (χ0) is 14.7. The van der Waals surface area contributed by atoms with E-state index in [1.807, 2.05) is 35.7 Å². The van der Waals surface area contributed by atoms with E-state index >= 15 is 0 Å². The van der Waals surface area contributed by atoms with Gasteiger partial charge in [0.15, 0.2) is 0 Å². The molecule has 2 N–H and O–H groups in total. The first-order valence-electron chi connectivity index (χ1n) is 6.98. The Morgan fingerprint density at radius 1 is 1.10 bits per heavy atom. The molecule has 1 aliphatic carbocycles. The lowest BCUT2D eigenvalue weighted by Crippen LogP contribution is -2.22. The van der Waals surface area contributed by atoms with Crippen molar-refractivity contribution in [2.24, 2.45) is 0 Å². The number of benzene rings is 1. The molecule has 0 aliphatic heterocycles. The Kier molecular flexibility index (Phi) is 4.40. The van der Waals surface area contributed by atoms with Crippen LogP contribution in [0.2, 0.25) is 0 Å². The Bertz CT molecular complexity index is 691. The van der Waals surface area contributed by atoms with E-state index in [2.05, 4.69) is 10.0 Å². The van der Waals surface area contributed by atoms with E-state index in [0.717, 1.165) is 17.7 Å². The van der Waals surface area contributed by atoms with Gasteiger partial charge in [-0.3, -0.25) is 0 Å². The van der Waals surface area contributed by atoms with E-state index in [9.17, 15) is 8.42 Å². The molecule has 1 aromatic heterocycles. The summed E-state index contributed by atoms with van der Waals surface area (Å²) in [6.07, 6.45) is 2.46. The third-order valence-electron chi connectivity index (χ3n) is 3.38. The zero-order valence-electron chi connectivity index (χ0n) is 11.6. The number of rotatable bonds is 7. The lowest BCUT2D eigenvalue weighted by atomic mass is 10.2. The third-order valence-corrected chi connectivity index (χ3v) is 6.27. The Morgan fingerprint density at radius 3 is 2.57 bits per heavy atom. The molecule has 0 unspecified atom stereocenters. The maximum absolute atomic E-state index is 12.2. The normalized spacial score (nSPS) is 15.2. The smallest absolute Gasteiger partial charge is 0.250 e. The quantitative estimate of drug-likeness (QED) is 0.823. The summed E-state index contributed by atoms with van der Waals surface area (Å²) < 4.78 is 27.5. The molecular formula is C15H18N2O2S2. The summed E-state index contributed by atoms with van der Waals surface area (Å²) in [7, 11) is -3.42. The van der Waals surface area contributed by atoms with Gasteiger partial charge in [-0.15, -0.1) is 11.3 Å². The lowest BCUT2D eigenvalue weighted by Gasteiger charge is -2.04. The lowest BCUT2D eigenvalue weighted by molar-refractivity contribution is 0.583. The number of hydrogen-bond acceptors (Lipinski definition) is 4. The van der Waals surface area contributed by atoms with Gasteiger partial charge in [-0.05, 0) is 35.4 Å². The standard InChI is InChI=1S/C15H18N2O2S2/c18-21(19,17-10-12-4-2-1-3-5-12)15-8-13(11-20-15)9-16-14-6-7-14/h1-5,8,11,14,16-17H,6-7,9-10H2. The molecule has 0 atom stereocenters. The second kappa shape index (κ2) is 6.27. The summed E-state index contributed by atoms with van der Waals surface area (Å²) in [4.78, 5) is 0. The largest absolute Gasteiger partial charge is 0.310 e. The van der Waals surface area contributed by atoms with Crippen LogP contribution in [-0.4, -0.2) is 14.5 Å². The van der Waals surface area contributed by atoms with Crippen molar-refractivity contribution in [2.45, 2.75) is 36.2 Å². The first-order chi connectivity index (χ1) is 10.1. The van der Waals surface area contributed by atoms with Gasteiger partial charge in [0.2, 0.25) is 10.0 Å². The predicted octanol–water partition coefficient (Wildman–Crippen LogP) is 2.48. The second-order valence-electron chi connectivity index (χ2n) is 5.24. The molecule has 112 valence electrons. The minimum atomic E-state index is -3.42. The molecule has 1 aliphatic rings. The van der Waals surface area contributed by atoms with E-state index in [4.69, 9.17) is 0 Å². The van der Waals surface area contributed by atoms with Crippen molar-refractivity contribution in [3.63, 3.8) is 0 Å². The molecule has 1 heterocycles. The van der Waals surface area contributed by atoms with Gasteiger partial charge in [0.25, 0.3) is 0 Å². The monoisotopic (exact) mass is 322 g/mol. The highest BCUT2D eigenvalue weighted by molar-refractivity contribution is 7.91. The second-order valence-corrected chi connectivity index (χ2v) is 8.14. The maximum Gasteiger partial charge on any atom is 0.250 e. The van der Waals surface area contributed by atoms with Crippen molar-refractivity contribution in [1.29, 1.82) is 0 Å². The first kappa shape index (κ1) is 14.7. The minimum absolute atomic E-state index is 0.316. The highest BCUT2D eigenvalue weighted by atomic mass is 32.2. The van der Waals surface area contributed by atoms with Crippen molar-refractivity contribution in [3.05, 3.63) is 52.9 Å². The number of sulfonamides is 1. The Hall–Kier alpha value is -1.21. The molecule has 21 heavy (non-hydrogen) atoms. The first-order valence-corrected chi connectivity index (χ1v) is 9.34. The molecule has 0 spiro atoms. The summed E-state index contributed by atoms with van der Waals surface area (Å²) >= 11 is 1.27. The van der Waals surface area contributed by atoms with Crippen molar-refractivity contribution < 1.29 is 8.42 Å². The number of nitrogens with one attached hydrogen (secondary N) is 2. The van der Waals surface area contributed by atoms with E-state index in [1.54, 1.807) is 6.07 Å². The molecule has 1 fully saturated rings. The molecule has 3 rings (SSSR count). The fourth-order valence-electron chi connectivity index (χ4n) is 1.98. The van der Waals surface area contributed by atoms with Gasteiger partial charge in [0, 0.05) is 19.1 Å². The van der Waals surface area contributed by atoms with Crippen molar-refractivity contribution in [3.8, 4) is 0 Å². The zero-order valence-corrected chi connectivity index (χ0v) is 13.2. The topological polar surface area (TPSA) is 58.2 Å². The molecule has 6 heteroatoms. The fourth-order valence-corrected chi connectivity index (χ4v) is 4.25. The van der Waals surface area contributed by atoms with Crippen LogP contribution in [0.25, 0.3) is 0 Å². The van der Waals surface area contributed by atoms with Gasteiger partial charge in [0.1, 0.15) is 4.21 Å². The molecule has 0 saturated heterocycles. The summed E-state index contributed by atoms with van der Waals surface area (Å²) in [6.45, 7) is 1.06. The molecule has 1 saturated carbocycles. The molecule has 4 nitrogen and oxygen atoms in total. The fraction of sp³-hybridized carbons (Fsp3) is 0.333. The summed E-state index contributed by atoms with van der Waals surface area (Å²) in [5.74, 6) is 0. The summed E-state index contributed by atoms with van der Waals surface area (Å²) in [5, 5.41) is 5.30. The van der Waals surface area contributed by atoms with Crippen LogP contribution in [0.15, 0.2) is 46.0 Å². The average Bonchev–Trinajstić information content (AvgIpc) is 3.20. The van der Waals surface area contributed by atoms with Gasteiger partial charge in [-0.25, -0.2) is 13.1 Å². The average molecular weight is 322 g/mol. The van der Waals surface area contributed by atoms with Gasteiger partial charge < -0.3 is 5.32 Å². The number of thiophene rings is 1. The minimum Gasteiger partial charge on any atom is -0.310 e. The number of hydrogen-bond donors (Lipinski definition) is 2. The van der Waals surface area contributed by atoms with Crippen LogP contribution in [0, 0.1) is 0 Å². The predicted molar refractivity (Wildman–Crippen MR) is 84.6 cm³/mol. The van der Waals surface area contributed by atoms with E-state index < -0.39 is 10.0 Å². The van der Waals surface area contributed by atoms with Crippen LogP contribution in [0.1, 0.15) is 24.0 Å². The van der Waals surface area contributed by atoms with Crippen molar-refractivity contribution in [1.82, 2.24) is 10.0 Å². The van der Waals surface area contributed by atoms with Crippen LogP contribution >= 0.6 is 11.3 Å². The van der Waals surface area contributed by atoms with Crippen LogP contribution in [0.4, 0.5) is 0 Å². The van der Waals surface area contributed by atoms with Gasteiger partial charge in [-0.2, -0.15) is 0 Å². The molecule has 1 aromatic carbocycles. The van der Waals surface area contributed by atoms with Crippen molar-refractivity contribution in [2.75, 3.05) is 0 Å². The van der Waals surface area contributed by atoms with E-state index in [0.29, 0.717) is 16.8 Å². The SMILES string of the molecule is O=S(=O)(NCc1ccccc1)c1cc(CNC2CC2)cs1. The Labute approximate surface area is 129 Å². The van der Waals surface area contributed by atoms with Gasteiger partial charge in [-0.1, -0.05) is 30.3 Å². The maximum atomic E-state index is 12.2. The van der Waals surface area contributed by atoms with Crippen LogP contribution in [-0.2, 0) is 23.1 Å². The Balaban J connectivity index is 1.61. The van der Waals surface area contributed by atoms with E-state index in [-0.39, 0.29) is 0 Å². The van der Waals surface area contributed by atoms with Crippen LogP contribution < -0.4 is 10.0 Å². The highest BCUT2D eigenvalue weighted by Crippen LogP contribution is 2.23. The van der Waals surface area contributed by atoms with E-state index in [1.165, 1.54) is 24.2 Å². The molecule has 2 aromatic rings. The molecule has 0 radical (unpaired) electrons. The molecule has 0 bridgehead atoms. The van der Waals surface area contributed by atoms with Gasteiger partial charge >= 0.3 is 0 Å². The van der Waals surface area contributed by atoms with Crippen LogP contribution in [0.5, 0.6) is 0 Å². The van der Waals surface area contributed by atoms with Crippen LogP contribution in [0.3, 0.4) is 0 Å². The summed E-state index contributed by atoms with van der Waals surface area (Å²) in [5.41, 5.74) is 1.99. The highest BCUT2D eigenvalue weighted by Gasteiger charge is 2.21. The summed E-state index contributed by atoms with van der Waals surface area (Å²) in [6, 6.07) is 11.9. The third kappa shape index (κ3) is 4.14. The van der Waals surface area contributed by atoms with Gasteiger partial charge in [0.05, 0.1) is 0 Å². The Morgan fingerprint density at radius 2 is 1.86 bits per heavy atom. The molecular weight excluding hydrogens is 304 g/mol. The molecule has 0 amide bonds.